The fourth-order valence-electron chi connectivity index (χ4n) is 4.42. The molecule has 154 valence electrons. The number of amides is 1. The number of hydrogen-bond acceptors (Lipinski definition) is 3. The van der Waals surface area contributed by atoms with E-state index in [9.17, 15) is 4.79 Å². The Morgan fingerprint density at radius 2 is 2.07 bits per heavy atom. The molecule has 0 saturated heterocycles. The molecule has 28 heavy (non-hydrogen) atoms. The number of carbonyl (C=O) groups excluding carboxylic acids is 1. The number of hydrogen-bond donors (Lipinski definition) is 3. The van der Waals surface area contributed by atoms with Gasteiger partial charge in [-0.15, -0.1) is 0 Å². The second-order valence-corrected chi connectivity index (χ2v) is 8.06. The van der Waals surface area contributed by atoms with Crippen molar-refractivity contribution in [2.24, 2.45) is 10.4 Å². The van der Waals surface area contributed by atoms with E-state index >= 15 is 0 Å². The lowest BCUT2D eigenvalue weighted by molar-refractivity contribution is -0.116. The first-order chi connectivity index (χ1) is 13.7. The summed E-state index contributed by atoms with van der Waals surface area (Å²) in [6.07, 6.45) is 6.61. The molecule has 6 nitrogen and oxygen atoms in total. The Labute approximate surface area is 168 Å². The first-order valence-electron chi connectivity index (χ1n) is 10.6. The third-order valence-electron chi connectivity index (χ3n) is 6.04. The summed E-state index contributed by atoms with van der Waals surface area (Å²) in [5, 5.41) is 9.80. The molecule has 3 rings (SSSR count). The highest BCUT2D eigenvalue weighted by molar-refractivity contribution is 5.94. The van der Waals surface area contributed by atoms with Gasteiger partial charge in [-0.05, 0) is 43.2 Å². The average Bonchev–Trinajstić information content (AvgIpc) is 3.17. The Balaban J connectivity index is 1.64. The maximum atomic E-state index is 12.1. The van der Waals surface area contributed by atoms with Gasteiger partial charge in [-0.1, -0.05) is 31.0 Å². The molecule has 1 heterocycles. The van der Waals surface area contributed by atoms with Crippen LogP contribution in [0.2, 0.25) is 0 Å². The number of nitrogens with zero attached hydrogens (tertiary/aromatic N) is 1. The second kappa shape index (κ2) is 9.92. The lowest BCUT2D eigenvalue weighted by Gasteiger charge is -2.28. The average molecular weight is 387 g/mol. The van der Waals surface area contributed by atoms with Crippen molar-refractivity contribution < 1.29 is 9.53 Å². The molecular weight excluding hydrogens is 352 g/mol. The Bertz CT molecular complexity index is 683. The van der Waals surface area contributed by atoms with Crippen LogP contribution < -0.4 is 16.0 Å². The van der Waals surface area contributed by atoms with E-state index in [0.29, 0.717) is 13.0 Å². The Kier molecular flexibility index (Phi) is 7.31. The molecule has 1 atom stereocenters. The van der Waals surface area contributed by atoms with Gasteiger partial charge in [0.2, 0.25) is 5.91 Å². The Morgan fingerprint density at radius 1 is 1.29 bits per heavy atom. The molecule has 1 aromatic rings. The highest BCUT2D eigenvalue weighted by Crippen LogP contribution is 2.41. The van der Waals surface area contributed by atoms with E-state index in [0.717, 1.165) is 37.8 Å². The minimum Gasteiger partial charge on any atom is -0.385 e. The number of para-hydroxylation sites is 1. The van der Waals surface area contributed by atoms with Crippen molar-refractivity contribution in [2.45, 2.75) is 51.4 Å². The van der Waals surface area contributed by atoms with Gasteiger partial charge < -0.3 is 20.7 Å². The summed E-state index contributed by atoms with van der Waals surface area (Å²) in [4.78, 5) is 17.0. The van der Waals surface area contributed by atoms with Crippen molar-refractivity contribution in [1.29, 1.82) is 0 Å². The van der Waals surface area contributed by atoms with Crippen LogP contribution in [0, 0.1) is 5.41 Å². The molecular formula is C22H34N4O2. The normalized spacial score (nSPS) is 21.1. The minimum absolute atomic E-state index is 0.0805. The summed E-state index contributed by atoms with van der Waals surface area (Å²) in [5.74, 6) is 1.08. The van der Waals surface area contributed by atoms with Crippen LogP contribution in [0.15, 0.2) is 29.3 Å². The maximum absolute atomic E-state index is 12.1. The van der Waals surface area contributed by atoms with Crippen LogP contribution in [0.3, 0.4) is 0 Å². The van der Waals surface area contributed by atoms with E-state index in [1.807, 2.05) is 18.2 Å². The highest BCUT2D eigenvalue weighted by atomic mass is 16.5. The van der Waals surface area contributed by atoms with E-state index in [1.54, 1.807) is 7.11 Å². The molecule has 0 spiro atoms. The zero-order chi connectivity index (χ0) is 19.8. The van der Waals surface area contributed by atoms with Crippen LogP contribution >= 0.6 is 0 Å². The first-order valence-corrected chi connectivity index (χ1v) is 10.6. The number of benzene rings is 1. The van der Waals surface area contributed by atoms with Crippen LogP contribution in [0.1, 0.15) is 56.9 Å². The van der Waals surface area contributed by atoms with Gasteiger partial charge in [0.15, 0.2) is 5.96 Å². The summed E-state index contributed by atoms with van der Waals surface area (Å²) >= 11 is 0. The van der Waals surface area contributed by atoms with Crippen molar-refractivity contribution in [3.63, 3.8) is 0 Å². The number of nitrogens with one attached hydrogen (secondary N) is 3. The molecule has 1 aromatic carbocycles. The van der Waals surface area contributed by atoms with Gasteiger partial charge in [0.25, 0.3) is 0 Å². The molecule has 0 radical (unpaired) electrons. The van der Waals surface area contributed by atoms with E-state index in [2.05, 4.69) is 28.9 Å². The summed E-state index contributed by atoms with van der Waals surface area (Å²) in [6, 6.07) is 8.06. The number of carbonyl (C=O) groups is 1. The molecule has 1 unspecified atom stereocenters. The standard InChI is InChI=1S/C22H34N4O2/c1-3-23-21(25-16-22(12-13-28-2)10-6-7-11-22)24-15-17-14-20(27)26-19-9-5-4-8-18(17)19/h4-5,8-9,17H,3,6-7,10-16H2,1-2H3,(H,26,27)(H2,23,24,25). The number of rotatable bonds is 8. The van der Waals surface area contributed by atoms with E-state index in [-0.39, 0.29) is 17.2 Å². The molecule has 0 bridgehead atoms. The topological polar surface area (TPSA) is 74.8 Å². The predicted octanol–water partition coefficient (Wildman–Crippen LogP) is 3.26. The van der Waals surface area contributed by atoms with E-state index in [4.69, 9.17) is 9.73 Å². The van der Waals surface area contributed by atoms with Gasteiger partial charge in [0, 0.05) is 51.4 Å². The number of ether oxygens (including phenoxy) is 1. The van der Waals surface area contributed by atoms with Gasteiger partial charge in [0.05, 0.1) is 0 Å². The molecule has 1 aliphatic heterocycles. The fraction of sp³-hybridized carbons (Fsp3) is 0.636. The van der Waals surface area contributed by atoms with Gasteiger partial charge in [-0.25, -0.2) is 0 Å². The fourth-order valence-corrected chi connectivity index (χ4v) is 4.42. The van der Waals surface area contributed by atoms with Crippen LogP contribution in [0.4, 0.5) is 5.69 Å². The lowest BCUT2D eigenvalue weighted by Crippen LogP contribution is -2.41. The Hall–Kier alpha value is -2.08. The summed E-state index contributed by atoms with van der Waals surface area (Å²) in [6.45, 7) is 5.22. The van der Waals surface area contributed by atoms with Gasteiger partial charge in [-0.2, -0.15) is 0 Å². The summed E-state index contributed by atoms with van der Waals surface area (Å²) in [7, 11) is 1.77. The van der Waals surface area contributed by atoms with Crippen molar-refractivity contribution in [3.8, 4) is 0 Å². The second-order valence-electron chi connectivity index (χ2n) is 8.06. The van der Waals surface area contributed by atoms with Crippen molar-refractivity contribution in [2.75, 3.05) is 38.7 Å². The maximum Gasteiger partial charge on any atom is 0.225 e. The molecule has 1 saturated carbocycles. The quantitative estimate of drug-likeness (QED) is 0.474. The first kappa shape index (κ1) is 20.6. The minimum atomic E-state index is 0.0805. The van der Waals surface area contributed by atoms with Crippen LogP contribution in [0.25, 0.3) is 0 Å². The highest BCUT2D eigenvalue weighted by Gasteiger charge is 2.33. The van der Waals surface area contributed by atoms with E-state index < -0.39 is 0 Å². The molecule has 3 N–H and O–H groups in total. The number of aliphatic imine (C=N–C) groups is 1. The van der Waals surface area contributed by atoms with Crippen molar-refractivity contribution in [1.82, 2.24) is 10.6 Å². The lowest BCUT2D eigenvalue weighted by atomic mass is 9.83. The summed E-state index contributed by atoms with van der Waals surface area (Å²) in [5.41, 5.74) is 2.39. The summed E-state index contributed by atoms with van der Waals surface area (Å²) < 4.78 is 5.34. The van der Waals surface area contributed by atoms with Crippen molar-refractivity contribution in [3.05, 3.63) is 29.8 Å². The number of guanidine groups is 1. The molecule has 1 amide bonds. The molecule has 0 aromatic heterocycles. The number of anilines is 1. The predicted molar refractivity (Wildman–Crippen MR) is 114 cm³/mol. The molecule has 1 fully saturated rings. The van der Waals surface area contributed by atoms with Crippen LogP contribution in [-0.2, 0) is 9.53 Å². The molecule has 1 aliphatic carbocycles. The number of methoxy groups -OCH3 is 1. The monoisotopic (exact) mass is 386 g/mol. The zero-order valence-electron chi connectivity index (χ0n) is 17.2. The van der Waals surface area contributed by atoms with Gasteiger partial charge in [0.1, 0.15) is 0 Å². The van der Waals surface area contributed by atoms with Crippen LogP contribution in [-0.4, -0.2) is 45.2 Å². The third-order valence-corrected chi connectivity index (χ3v) is 6.04. The number of fused-ring (bicyclic) bond motifs is 1. The van der Waals surface area contributed by atoms with Gasteiger partial charge in [-0.3, -0.25) is 9.79 Å². The SMILES string of the molecule is CCNC(=NCC1(CCOC)CCCC1)NCC1CC(=O)Nc2ccccc21. The van der Waals surface area contributed by atoms with Crippen LogP contribution in [0.5, 0.6) is 0 Å². The third kappa shape index (κ3) is 5.25. The molecule has 2 aliphatic rings. The van der Waals surface area contributed by atoms with Crippen molar-refractivity contribution >= 4 is 17.6 Å². The van der Waals surface area contributed by atoms with Gasteiger partial charge >= 0.3 is 0 Å². The zero-order valence-corrected chi connectivity index (χ0v) is 17.2. The largest absolute Gasteiger partial charge is 0.385 e. The van der Waals surface area contributed by atoms with E-state index in [1.165, 1.54) is 31.2 Å². The smallest absolute Gasteiger partial charge is 0.225 e. The molecule has 6 heteroatoms. The Morgan fingerprint density at radius 3 is 2.82 bits per heavy atom.